The van der Waals surface area contributed by atoms with Crippen LogP contribution in [0.15, 0.2) is 46.6 Å². The maximum atomic E-state index is 12.7. The van der Waals surface area contributed by atoms with Gasteiger partial charge in [0.15, 0.2) is 5.01 Å². The fraction of sp³-hybridized carbons (Fsp3) is 0.304. The summed E-state index contributed by atoms with van der Waals surface area (Å²) < 4.78 is 1.37. The highest BCUT2D eigenvalue weighted by atomic mass is 32.1. The molecule has 1 fully saturated rings. The van der Waals surface area contributed by atoms with E-state index in [0.717, 1.165) is 39.9 Å². The fourth-order valence-corrected chi connectivity index (χ4v) is 5.51. The van der Waals surface area contributed by atoms with Crippen LogP contribution in [0.1, 0.15) is 16.8 Å². The Labute approximate surface area is 199 Å². The molecule has 1 aliphatic heterocycles. The van der Waals surface area contributed by atoms with Crippen LogP contribution in [0.4, 0.5) is 10.5 Å². The lowest BCUT2D eigenvalue weighted by atomic mass is 10.1. The van der Waals surface area contributed by atoms with Crippen molar-refractivity contribution in [2.75, 3.05) is 31.5 Å². The van der Waals surface area contributed by atoms with Crippen molar-refractivity contribution in [1.29, 1.82) is 0 Å². The molecule has 0 aliphatic carbocycles. The number of aryl methyl sites for hydroxylation is 2. The van der Waals surface area contributed by atoms with E-state index in [2.05, 4.69) is 27.2 Å². The molecule has 33 heavy (non-hydrogen) atoms. The van der Waals surface area contributed by atoms with Gasteiger partial charge in [-0.1, -0.05) is 23.5 Å². The largest absolute Gasteiger partial charge is 0.322 e. The molecule has 0 bridgehead atoms. The highest BCUT2D eigenvalue weighted by Gasteiger charge is 2.22. The minimum absolute atomic E-state index is 0.0820. The van der Waals surface area contributed by atoms with Crippen LogP contribution < -0.4 is 10.9 Å². The molecule has 4 aromatic rings. The number of amides is 2. The van der Waals surface area contributed by atoms with Gasteiger partial charge in [-0.25, -0.2) is 9.78 Å². The van der Waals surface area contributed by atoms with Crippen LogP contribution in [0, 0.1) is 13.8 Å². The van der Waals surface area contributed by atoms with Gasteiger partial charge in [0.05, 0.1) is 10.6 Å². The topological polar surface area (TPSA) is 82.8 Å². The first-order valence-corrected chi connectivity index (χ1v) is 12.4. The first-order valence-electron chi connectivity index (χ1n) is 10.8. The van der Waals surface area contributed by atoms with Gasteiger partial charge < -0.3 is 10.2 Å². The second kappa shape index (κ2) is 9.05. The molecule has 2 amide bonds. The number of aromatic nitrogens is 3. The summed E-state index contributed by atoms with van der Waals surface area (Å²) in [6, 6.07) is 11.4. The van der Waals surface area contributed by atoms with Crippen LogP contribution in [-0.4, -0.2) is 56.6 Å². The number of hydrogen-bond donors (Lipinski definition) is 1. The predicted octanol–water partition coefficient (Wildman–Crippen LogP) is 3.85. The van der Waals surface area contributed by atoms with Gasteiger partial charge in [-0.15, -0.1) is 11.3 Å². The number of urea groups is 1. The Morgan fingerprint density at radius 3 is 2.64 bits per heavy atom. The van der Waals surface area contributed by atoms with Crippen molar-refractivity contribution in [1.82, 2.24) is 24.4 Å². The third-order valence-corrected chi connectivity index (χ3v) is 7.78. The minimum Gasteiger partial charge on any atom is -0.322 e. The Morgan fingerprint density at radius 2 is 1.91 bits per heavy atom. The monoisotopic (exact) mass is 480 g/mol. The highest BCUT2D eigenvalue weighted by Crippen LogP contribution is 2.28. The van der Waals surface area contributed by atoms with E-state index in [9.17, 15) is 9.59 Å². The molecule has 1 aromatic carbocycles. The van der Waals surface area contributed by atoms with Gasteiger partial charge in [0, 0.05) is 44.5 Å². The lowest BCUT2D eigenvalue weighted by Crippen LogP contribution is -2.49. The number of piperazine rings is 1. The van der Waals surface area contributed by atoms with Gasteiger partial charge >= 0.3 is 6.03 Å². The zero-order chi connectivity index (χ0) is 22.9. The lowest BCUT2D eigenvalue weighted by molar-refractivity contribution is 0.142. The van der Waals surface area contributed by atoms with Crippen molar-refractivity contribution in [2.45, 2.75) is 20.4 Å². The molecule has 0 unspecified atom stereocenters. The van der Waals surface area contributed by atoms with Crippen molar-refractivity contribution in [3.8, 4) is 9.88 Å². The van der Waals surface area contributed by atoms with Crippen LogP contribution in [0.2, 0.25) is 0 Å². The second-order valence-electron chi connectivity index (χ2n) is 8.16. The second-order valence-corrected chi connectivity index (χ2v) is 10.1. The number of carbonyl (C=O) groups excluding carboxylic acids is 1. The molecule has 1 N–H and O–H groups in total. The standard InChI is InChI=1S/C23H24N6O2S2/c1-15-5-6-17(12-16(15)2)24-22(31)28-9-7-27(8-10-28)14-18-13-20(30)29-23(25-18)33-21(26-29)19-4-3-11-32-19/h3-6,11-13H,7-10,14H2,1-2H3,(H,24,31). The molecule has 0 spiro atoms. The van der Waals surface area contributed by atoms with Crippen molar-refractivity contribution in [3.05, 3.63) is 69.0 Å². The fourth-order valence-electron chi connectivity index (χ4n) is 3.80. The van der Waals surface area contributed by atoms with Crippen LogP contribution in [0.25, 0.3) is 14.8 Å². The first kappa shape index (κ1) is 21.7. The van der Waals surface area contributed by atoms with E-state index in [4.69, 9.17) is 0 Å². The maximum absolute atomic E-state index is 12.7. The molecule has 5 rings (SSSR count). The zero-order valence-corrected chi connectivity index (χ0v) is 20.1. The Hall–Kier alpha value is -3.08. The normalized spacial score (nSPS) is 14.7. The number of benzene rings is 1. The molecule has 0 atom stereocenters. The number of thiophene rings is 1. The smallest absolute Gasteiger partial charge is 0.321 e. The molecule has 8 nitrogen and oxygen atoms in total. The number of anilines is 1. The average molecular weight is 481 g/mol. The quantitative estimate of drug-likeness (QED) is 0.480. The molecule has 10 heteroatoms. The summed E-state index contributed by atoms with van der Waals surface area (Å²) in [6.45, 7) is 7.37. The Bertz CT molecular complexity index is 1350. The summed E-state index contributed by atoms with van der Waals surface area (Å²) >= 11 is 3.02. The third-order valence-electron chi connectivity index (χ3n) is 5.83. The summed E-state index contributed by atoms with van der Waals surface area (Å²) in [6.07, 6.45) is 0. The van der Waals surface area contributed by atoms with Gasteiger partial charge in [-0.2, -0.15) is 9.61 Å². The molecule has 0 saturated carbocycles. The van der Waals surface area contributed by atoms with Crippen LogP contribution in [0.5, 0.6) is 0 Å². The summed E-state index contributed by atoms with van der Waals surface area (Å²) in [5, 5.41) is 10.2. The molecule has 1 aliphatic rings. The lowest BCUT2D eigenvalue weighted by Gasteiger charge is -2.34. The van der Waals surface area contributed by atoms with E-state index < -0.39 is 0 Å². The van der Waals surface area contributed by atoms with Crippen molar-refractivity contribution >= 4 is 39.4 Å². The third kappa shape index (κ3) is 4.68. The molecular weight excluding hydrogens is 456 g/mol. The van der Waals surface area contributed by atoms with Crippen LogP contribution >= 0.6 is 22.7 Å². The van der Waals surface area contributed by atoms with E-state index in [1.807, 2.05) is 47.5 Å². The molecule has 4 heterocycles. The molecule has 0 radical (unpaired) electrons. The Balaban J connectivity index is 1.21. The number of fused-ring (bicyclic) bond motifs is 1. The Kier molecular flexibility index (Phi) is 5.96. The number of rotatable bonds is 4. The number of nitrogens with one attached hydrogen (secondary N) is 1. The summed E-state index contributed by atoms with van der Waals surface area (Å²) in [5.74, 6) is 0. The number of hydrogen-bond acceptors (Lipinski definition) is 7. The van der Waals surface area contributed by atoms with Gasteiger partial charge in [0.2, 0.25) is 4.96 Å². The first-order chi connectivity index (χ1) is 16.0. The van der Waals surface area contributed by atoms with Crippen molar-refractivity contribution < 1.29 is 4.79 Å². The van der Waals surface area contributed by atoms with Gasteiger partial charge in [-0.05, 0) is 48.6 Å². The zero-order valence-electron chi connectivity index (χ0n) is 18.4. The SMILES string of the molecule is Cc1ccc(NC(=O)N2CCN(Cc3cc(=O)n4nc(-c5cccs5)sc4n3)CC2)cc1C. The molecule has 1 saturated heterocycles. The molecule has 3 aromatic heterocycles. The minimum atomic E-state index is -0.166. The number of carbonyl (C=O) groups is 1. The molecule has 170 valence electrons. The maximum Gasteiger partial charge on any atom is 0.321 e. The summed E-state index contributed by atoms with van der Waals surface area (Å²) in [4.78, 5) is 35.6. The van der Waals surface area contributed by atoms with E-state index in [1.54, 1.807) is 17.4 Å². The average Bonchev–Trinajstić information content (AvgIpc) is 3.47. The Morgan fingerprint density at radius 1 is 1.09 bits per heavy atom. The van der Waals surface area contributed by atoms with Gasteiger partial charge in [-0.3, -0.25) is 9.69 Å². The number of nitrogens with zero attached hydrogens (tertiary/aromatic N) is 5. The predicted molar refractivity (Wildman–Crippen MR) is 132 cm³/mol. The molecular formula is C23H24N6O2S2. The summed E-state index contributed by atoms with van der Waals surface area (Å²) in [5.41, 5.74) is 3.74. The van der Waals surface area contributed by atoms with E-state index in [1.165, 1.54) is 21.4 Å². The van der Waals surface area contributed by atoms with Crippen molar-refractivity contribution in [3.63, 3.8) is 0 Å². The van der Waals surface area contributed by atoms with Gasteiger partial charge in [0.25, 0.3) is 5.56 Å². The van der Waals surface area contributed by atoms with Crippen LogP contribution in [-0.2, 0) is 6.54 Å². The van der Waals surface area contributed by atoms with Crippen molar-refractivity contribution in [2.24, 2.45) is 0 Å². The van der Waals surface area contributed by atoms with E-state index >= 15 is 0 Å². The van der Waals surface area contributed by atoms with E-state index in [-0.39, 0.29) is 11.6 Å². The summed E-state index contributed by atoms with van der Waals surface area (Å²) in [7, 11) is 0. The highest BCUT2D eigenvalue weighted by molar-refractivity contribution is 7.23. The van der Waals surface area contributed by atoms with Gasteiger partial charge in [0.1, 0.15) is 0 Å². The van der Waals surface area contributed by atoms with Crippen LogP contribution in [0.3, 0.4) is 0 Å². The van der Waals surface area contributed by atoms with E-state index in [0.29, 0.717) is 24.6 Å².